The fourth-order valence-electron chi connectivity index (χ4n) is 3.56. The van der Waals surface area contributed by atoms with Gasteiger partial charge in [-0.15, -0.1) is 12.4 Å². The summed E-state index contributed by atoms with van der Waals surface area (Å²) in [6.07, 6.45) is 5.92. The van der Waals surface area contributed by atoms with E-state index in [0.717, 1.165) is 43.7 Å². The van der Waals surface area contributed by atoms with Gasteiger partial charge in [0.2, 0.25) is 5.91 Å². The molecule has 1 N–H and O–H groups in total. The van der Waals surface area contributed by atoms with Crippen molar-refractivity contribution in [2.24, 2.45) is 0 Å². The summed E-state index contributed by atoms with van der Waals surface area (Å²) in [6, 6.07) is 9.84. The number of ether oxygens (including phenoxy) is 1. The molecule has 142 valence electrons. The maximum absolute atomic E-state index is 13.3. The number of nitrogens with zero attached hydrogens (tertiary/aromatic N) is 3. The van der Waals surface area contributed by atoms with E-state index in [1.54, 1.807) is 13.3 Å². The lowest BCUT2D eigenvalue weighted by molar-refractivity contribution is -0.141. The number of halogens is 1. The first-order valence-electron chi connectivity index (χ1n) is 8.76. The second kappa shape index (κ2) is 9.05. The summed E-state index contributed by atoms with van der Waals surface area (Å²) in [6.45, 7) is 2.30. The van der Waals surface area contributed by atoms with Crippen molar-refractivity contribution in [1.29, 1.82) is 0 Å². The summed E-state index contributed by atoms with van der Waals surface area (Å²) in [5.74, 6) is 1.000. The van der Waals surface area contributed by atoms with Crippen molar-refractivity contribution >= 4 is 18.3 Å². The number of likely N-dealkylation sites (N-methyl/N-ethyl adjacent to an activating group) is 1. The van der Waals surface area contributed by atoms with Crippen LogP contribution in [-0.4, -0.2) is 54.4 Å². The van der Waals surface area contributed by atoms with Gasteiger partial charge in [-0.05, 0) is 50.0 Å². The van der Waals surface area contributed by atoms with E-state index in [9.17, 15) is 4.79 Å². The Bertz CT molecular complexity index is 699. The van der Waals surface area contributed by atoms with Gasteiger partial charge in [-0.3, -0.25) is 9.48 Å². The van der Waals surface area contributed by atoms with E-state index in [1.807, 2.05) is 53.2 Å². The van der Waals surface area contributed by atoms with Crippen molar-refractivity contribution in [3.8, 4) is 5.75 Å². The zero-order valence-electron chi connectivity index (χ0n) is 15.4. The smallest absolute Gasteiger partial charge is 0.250 e. The maximum Gasteiger partial charge on any atom is 0.250 e. The molecular formula is C19H27ClN4O2. The van der Waals surface area contributed by atoms with Crippen LogP contribution < -0.4 is 10.1 Å². The average Bonchev–Trinajstić information content (AvgIpc) is 3.21. The lowest BCUT2D eigenvalue weighted by Crippen LogP contribution is -2.55. The SMILES string of the molecule is COc1ccccc1CCN(C)C(=O)C1(n2cccn2)CCNCC1.Cl. The van der Waals surface area contributed by atoms with Gasteiger partial charge in [-0.2, -0.15) is 5.10 Å². The summed E-state index contributed by atoms with van der Waals surface area (Å²) < 4.78 is 7.25. The molecule has 7 heteroatoms. The van der Waals surface area contributed by atoms with Crippen molar-refractivity contribution in [3.05, 3.63) is 48.3 Å². The molecule has 3 rings (SSSR count). The summed E-state index contributed by atoms with van der Waals surface area (Å²) in [5, 5.41) is 7.72. The van der Waals surface area contributed by atoms with Gasteiger partial charge in [0.1, 0.15) is 11.3 Å². The fourth-order valence-corrected chi connectivity index (χ4v) is 3.56. The van der Waals surface area contributed by atoms with Crippen LogP contribution in [0.3, 0.4) is 0 Å². The molecule has 0 bridgehead atoms. The molecule has 1 aromatic carbocycles. The number of rotatable bonds is 6. The van der Waals surface area contributed by atoms with E-state index >= 15 is 0 Å². The molecule has 1 saturated heterocycles. The molecule has 1 aliphatic rings. The van der Waals surface area contributed by atoms with Crippen molar-refractivity contribution in [2.75, 3.05) is 33.8 Å². The molecule has 1 amide bonds. The molecule has 1 aliphatic heterocycles. The maximum atomic E-state index is 13.3. The Morgan fingerprint density at radius 1 is 1.31 bits per heavy atom. The van der Waals surface area contributed by atoms with Crippen LogP contribution in [0, 0.1) is 0 Å². The lowest BCUT2D eigenvalue weighted by Gasteiger charge is -2.39. The highest BCUT2D eigenvalue weighted by Crippen LogP contribution is 2.29. The monoisotopic (exact) mass is 378 g/mol. The average molecular weight is 379 g/mol. The summed E-state index contributed by atoms with van der Waals surface area (Å²) >= 11 is 0. The first-order chi connectivity index (χ1) is 12.2. The van der Waals surface area contributed by atoms with Gasteiger partial charge in [-0.1, -0.05) is 18.2 Å². The number of para-hydroxylation sites is 1. The number of methoxy groups -OCH3 is 1. The molecule has 0 atom stereocenters. The van der Waals surface area contributed by atoms with E-state index in [2.05, 4.69) is 10.4 Å². The quantitative estimate of drug-likeness (QED) is 0.836. The number of aromatic nitrogens is 2. The van der Waals surface area contributed by atoms with Gasteiger partial charge < -0.3 is 15.0 Å². The molecule has 0 spiro atoms. The first-order valence-corrected chi connectivity index (χ1v) is 8.76. The lowest BCUT2D eigenvalue weighted by atomic mass is 9.86. The molecule has 2 heterocycles. The van der Waals surface area contributed by atoms with Gasteiger partial charge in [0.15, 0.2) is 0 Å². The molecule has 0 unspecified atom stereocenters. The molecule has 0 saturated carbocycles. The number of piperidine rings is 1. The van der Waals surface area contributed by atoms with Crippen LogP contribution in [0.5, 0.6) is 5.75 Å². The number of carbonyl (C=O) groups is 1. The number of hydrogen-bond donors (Lipinski definition) is 1. The zero-order valence-corrected chi connectivity index (χ0v) is 16.2. The Morgan fingerprint density at radius 3 is 2.69 bits per heavy atom. The van der Waals surface area contributed by atoms with Crippen LogP contribution in [0.15, 0.2) is 42.7 Å². The Hall–Kier alpha value is -2.05. The largest absolute Gasteiger partial charge is 0.496 e. The summed E-state index contributed by atoms with van der Waals surface area (Å²) in [5.41, 5.74) is 0.535. The van der Waals surface area contributed by atoms with Crippen LogP contribution in [0.1, 0.15) is 18.4 Å². The third kappa shape index (κ3) is 4.02. The molecule has 26 heavy (non-hydrogen) atoms. The van der Waals surface area contributed by atoms with Crippen LogP contribution in [0.25, 0.3) is 0 Å². The van der Waals surface area contributed by atoms with Crippen LogP contribution >= 0.6 is 12.4 Å². The predicted molar refractivity (Wildman–Crippen MR) is 104 cm³/mol. The number of nitrogens with one attached hydrogen (secondary N) is 1. The molecular weight excluding hydrogens is 352 g/mol. The van der Waals surface area contributed by atoms with Crippen LogP contribution in [0.2, 0.25) is 0 Å². The highest BCUT2D eigenvalue weighted by atomic mass is 35.5. The van der Waals surface area contributed by atoms with Gasteiger partial charge >= 0.3 is 0 Å². The Morgan fingerprint density at radius 2 is 2.04 bits per heavy atom. The molecule has 6 nitrogen and oxygen atoms in total. The third-order valence-corrected chi connectivity index (χ3v) is 5.03. The van der Waals surface area contributed by atoms with Crippen LogP contribution in [0.4, 0.5) is 0 Å². The molecule has 2 aromatic rings. The minimum absolute atomic E-state index is 0. The summed E-state index contributed by atoms with van der Waals surface area (Å²) in [4.78, 5) is 15.1. The number of benzene rings is 1. The van der Waals surface area contributed by atoms with Crippen molar-refractivity contribution < 1.29 is 9.53 Å². The molecule has 1 fully saturated rings. The number of hydrogen-bond acceptors (Lipinski definition) is 4. The first kappa shape index (κ1) is 20.3. The Labute approximate surface area is 160 Å². The number of carbonyl (C=O) groups excluding carboxylic acids is 1. The Balaban J connectivity index is 0.00000243. The molecule has 1 aromatic heterocycles. The highest BCUT2D eigenvalue weighted by molar-refractivity contribution is 5.85. The van der Waals surface area contributed by atoms with Gasteiger partial charge in [0.25, 0.3) is 0 Å². The molecule has 0 aliphatic carbocycles. The van der Waals surface area contributed by atoms with E-state index in [1.165, 1.54) is 0 Å². The second-order valence-corrected chi connectivity index (χ2v) is 6.52. The van der Waals surface area contributed by atoms with Crippen molar-refractivity contribution in [1.82, 2.24) is 20.0 Å². The van der Waals surface area contributed by atoms with Gasteiger partial charge in [-0.25, -0.2) is 0 Å². The van der Waals surface area contributed by atoms with E-state index in [0.29, 0.717) is 6.54 Å². The second-order valence-electron chi connectivity index (χ2n) is 6.52. The fraction of sp³-hybridized carbons (Fsp3) is 0.474. The van der Waals surface area contributed by atoms with Gasteiger partial charge in [0.05, 0.1) is 7.11 Å². The minimum Gasteiger partial charge on any atom is -0.496 e. The zero-order chi connectivity index (χ0) is 17.7. The number of amides is 1. The standard InChI is InChI=1S/C19H26N4O2.ClH/c1-22(15-8-16-6-3-4-7-17(16)25-2)18(24)19(9-12-20-13-10-19)23-14-5-11-21-23;/h3-7,11,14,20H,8-10,12-13,15H2,1-2H3;1H. The van der Waals surface area contributed by atoms with E-state index < -0.39 is 5.54 Å². The van der Waals surface area contributed by atoms with Gasteiger partial charge in [0, 0.05) is 26.0 Å². The van der Waals surface area contributed by atoms with E-state index in [-0.39, 0.29) is 18.3 Å². The van der Waals surface area contributed by atoms with Crippen molar-refractivity contribution in [2.45, 2.75) is 24.8 Å². The normalized spacial score (nSPS) is 15.8. The topological polar surface area (TPSA) is 59.4 Å². The highest BCUT2D eigenvalue weighted by Gasteiger charge is 2.43. The van der Waals surface area contributed by atoms with Crippen LogP contribution in [-0.2, 0) is 16.8 Å². The van der Waals surface area contributed by atoms with E-state index in [4.69, 9.17) is 4.74 Å². The Kier molecular flexibility index (Phi) is 7.06. The minimum atomic E-state index is -0.579. The van der Waals surface area contributed by atoms with Crippen molar-refractivity contribution in [3.63, 3.8) is 0 Å². The summed E-state index contributed by atoms with van der Waals surface area (Å²) in [7, 11) is 3.56. The molecule has 0 radical (unpaired) electrons. The predicted octanol–water partition coefficient (Wildman–Crippen LogP) is 2.09. The third-order valence-electron chi connectivity index (χ3n) is 5.03.